The van der Waals surface area contributed by atoms with Crippen LogP contribution < -0.4 is 10.6 Å². The molecule has 3 N–H and O–H groups in total. The van der Waals surface area contributed by atoms with Gasteiger partial charge >= 0.3 is 24.0 Å². The Bertz CT molecular complexity index is 1060. The van der Waals surface area contributed by atoms with Gasteiger partial charge in [-0.3, -0.25) is 14.4 Å². The van der Waals surface area contributed by atoms with Crippen LogP contribution >= 0.6 is 0 Å². The average molecular weight is 515 g/mol. The van der Waals surface area contributed by atoms with Crippen molar-refractivity contribution in [3.05, 3.63) is 71.8 Å². The molecule has 0 heterocycles. The Morgan fingerprint density at radius 3 is 1.81 bits per heavy atom. The Morgan fingerprint density at radius 1 is 0.811 bits per heavy atom. The highest BCUT2D eigenvalue weighted by Gasteiger charge is 2.42. The van der Waals surface area contributed by atoms with Crippen molar-refractivity contribution in [1.29, 1.82) is 0 Å². The van der Waals surface area contributed by atoms with Gasteiger partial charge in [-0.1, -0.05) is 67.6 Å². The lowest BCUT2D eigenvalue weighted by atomic mass is 9.87. The second-order valence-corrected chi connectivity index (χ2v) is 8.16. The molecule has 2 rings (SSSR count). The van der Waals surface area contributed by atoms with Gasteiger partial charge in [0, 0.05) is 12.3 Å². The molecule has 3 atom stereocenters. The van der Waals surface area contributed by atoms with Gasteiger partial charge < -0.3 is 30.0 Å². The third-order valence-electron chi connectivity index (χ3n) is 5.63. The second kappa shape index (κ2) is 14.2. The van der Waals surface area contributed by atoms with Crippen molar-refractivity contribution in [1.82, 2.24) is 10.6 Å². The number of ether oxygens (including phenoxy) is 3. The number of nitrogens with one attached hydrogen (secondary N) is 2. The van der Waals surface area contributed by atoms with Crippen molar-refractivity contribution in [2.24, 2.45) is 11.8 Å². The van der Waals surface area contributed by atoms with Gasteiger partial charge in [-0.05, 0) is 11.1 Å². The van der Waals surface area contributed by atoms with Crippen LogP contribution in [-0.4, -0.2) is 61.3 Å². The number of hydrogen-bond acceptors (Lipinski definition) is 8. The van der Waals surface area contributed by atoms with E-state index in [1.165, 1.54) is 6.92 Å². The Balaban J connectivity index is 2.22. The quantitative estimate of drug-likeness (QED) is 0.218. The van der Waals surface area contributed by atoms with E-state index in [-0.39, 0.29) is 13.0 Å². The number of carbonyl (C=O) groups is 5. The van der Waals surface area contributed by atoms with Crippen molar-refractivity contribution in [2.45, 2.75) is 32.0 Å². The molecule has 2 amide bonds. The average Bonchev–Trinajstić information content (AvgIpc) is 2.90. The van der Waals surface area contributed by atoms with Gasteiger partial charge in [-0.25, -0.2) is 9.59 Å². The fourth-order valence-electron chi connectivity index (χ4n) is 3.61. The predicted octanol–water partition coefficient (Wildman–Crippen LogP) is 1.69. The van der Waals surface area contributed by atoms with Crippen LogP contribution in [0.2, 0.25) is 0 Å². The predicted molar refractivity (Wildman–Crippen MR) is 130 cm³/mol. The number of alkyl carbamates (subject to hydrolysis) is 1. The molecule has 198 valence electrons. The van der Waals surface area contributed by atoms with E-state index < -0.39 is 53.8 Å². The fraction of sp³-hybridized carbons (Fsp3) is 0.346. The van der Waals surface area contributed by atoms with Crippen molar-refractivity contribution in [3.63, 3.8) is 0 Å². The van der Waals surface area contributed by atoms with E-state index in [4.69, 9.17) is 4.74 Å². The number of hydrogen-bond donors (Lipinski definition) is 3. The molecule has 2 aromatic rings. The lowest BCUT2D eigenvalue weighted by Crippen LogP contribution is -2.56. The number of carbonyl (C=O) groups excluding carboxylic acids is 4. The molecule has 37 heavy (non-hydrogen) atoms. The number of esters is 2. The molecule has 0 aliphatic carbocycles. The second-order valence-electron chi connectivity index (χ2n) is 8.16. The molecule has 11 nitrogen and oxygen atoms in total. The highest BCUT2D eigenvalue weighted by Crippen LogP contribution is 2.20. The number of methoxy groups -OCH3 is 2. The Labute approximate surface area is 214 Å². The summed E-state index contributed by atoms with van der Waals surface area (Å²) in [7, 11) is 2.08. The lowest BCUT2D eigenvalue weighted by Gasteiger charge is -2.27. The summed E-state index contributed by atoms with van der Waals surface area (Å²) in [4.78, 5) is 62.1. The minimum atomic E-state index is -1.68. The molecule has 0 aliphatic rings. The number of amides is 2. The summed E-state index contributed by atoms with van der Waals surface area (Å²) in [5.41, 5.74) is 1.42. The number of carboxylic acids is 1. The number of benzene rings is 2. The minimum absolute atomic E-state index is 0.0191. The third-order valence-corrected chi connectivity index (χ3v) is 5.63. The standard InChI is InChI=1S/C26H30N2O9/c1-16(20(24(32)35-2)25(33)36-3)21(23(30)31)28-22(29)19(14-17-10-6-4-7-11-17)27-26(34)37-15-18-12-8-5-9-13-18/h4-13,16,19-21H,14-15H2,1-3H3,(H,27,34)(H,28,29)(H,30,31)/t16-,19+,21+/m1/s1. The number of rotatable bonds is 12. The summed E-state index contributed by atoms with van der Waals surface area (Å²) in [6, 6.07) is 14.7. The molecule has 0 spiro atoms. The monoisotopic (exact) mass is 514 g/mol. The lowest BCUT2D eigenvalue weighted by molar-refractivity contribution is -0.163. The summed E-state index contributed by atoms with van der Waals surface area (Å²) in [5, 5.41) is 14.6. The van der Waals surface area contributed by atoms with Crippen LogP contribution in [0.4, 0.5) is 4.79 Å². The zero-order chi connectivity index (χ0) is 27.4. The van der Waals surface area contributed by atoms with Gasteiger partial charge in [0.25, 0.3) is 0 Å². The first-order valence-electron chi connectivity index (χ1n) is 11.4. The molecular formula is C26H30N2O9. The summed E-state index contributed by atoms with van der Waals surface area (Å²) >= 11 is 0. The van der Waals surface area contributed by atoms with Crippen LogP contribution in [0.15, 0.2) is 60.7 Å². The fourth-order valence-corrected chi connectivity index (χ4v) is 3.61. The van der Waals surface area contributed by atoms with Gasteiger partial charge in [0.1, 0.15) is 18.7 Å². The van der Waals surface area contributed by atoms with E-state index in [9.17, 15) is 29.1 Å². The molecule has 11 heteroatoms. The summed E-state index contributed by atoms with van der Waals surface area (Å²) in [6.07, 6.45) is -0.868. The van der Waals surface area contributed by atoms with E-state index in [2.05, 4.69) is 20.1 Å². The van der Waals surface area contributed by atoms with Gasteiger partial charge in [-0.15, -0.1) is 0 Å². The molecule has 0 radical (unpaired) electrons. The summed E-state index contributed by atoms with van der Waals surface area (Å²) < 4.78 is 14.4. The van der Waals surface area contributed by atoms with Crippen LogP contribution in [0, 0.1) is 11.8 Å². The van der Waals surface area contributed by atoms with Gasteiger partial charge in [-0.2, -0.15) is 0 Å². The minimum Gasteiger partial charge on any atom is -0.480 e. The van der Waals surface area contributed by atoms with Crippen LogP contribution in [0.1, 0.15) is 18.1 Å². The first kappa shape index (κ1) is 28.8. The SMILES string of the molecule is COC(=O)C(C(=O)OC)[C@@H](C)[C@H](NC(=O)[C@H](Cc1ccccc1)NC(=O)OCc1ccccc1)C(=O)O. The highest BCUT2D eigenvalue weighted by molar-refractivity contribution is 5.96. The van der Waals surface area contributed by atoms with Crippen LogP contribution in [-0.2, 0) is 46.4 Å². The van der Waals surface area contributed by atoms with Crippen molar-refractivity contribution >= 4 is 29.9 Å². The highest BCUT2D eigenvalue weighted by atomic mass is 16.6. The Hall–Kier alpha value is -4.41. The molecular weight excluding hydrogens is 484 g/mol. The smallest absolute Gasteiger partial charge is 0.408 e. The molecule has 0 bridgehead atoms. The van der Waals surface area contributed by atoms with E-state index in [0.717, 1.165) is 19.8 Å². The largest absolute Gasteiger partial charge is 0.480 e. The normalized spacial score (nSPS) is 13.0. The first-order chi connectivity index (χ1) is 17.7. The van der Waals surface area contributed by atoms with E-state index in [1.807, 2.05) is 6.07 Å². The molecule has 0 saturated carbocycles. The zero-order valence-electron chi connectivity index (χ0n) is 20.7. The first-order valence-corrected chi connectivity index (χ1v) is 11.4. The van der Waals surface area contributed by atoms with Crippen LogP contribution in [0.3, 0.4) is 0 Å². The van der Waals surface area contributed by atoms with Crippen molar-refractivity contribution in [3.8, 4) is 0 Å². The summed E-state index contributed by atoms with van der Waals surface area (Å²) in [6.45, 7) is 1.26. The molecule has 0 aromatic heterocycles. The van der Waals surface area contributed by atoms with Gasteiger partial charge in [0.05, 0.1) is 14.2 Å². The summed E-state index contributed by atoms with van der Waals surface area (Å²) in [5.74, 6) is -7.22. The maximum atomic E-state index is 13.2. The number of aliphatic carboxylic acids is 1. The zero-order valence-corrected chi connectivity index (χ0v) is 20.7. The van der Waals surface area contributed by atoms with Crippen molar-refractivity contribution in [2.75, 3.05) is 14.2 Å². The van der Waals surface area contributed by atoms with Gasteiger partial charge in [0.2, 0.25) is 5.91 Å². The molecule has 0 aliphatic heterocycles. The van der Waals surface area contributed by atoms with Gasteiger partial charge in [0.15, 0.2) is 5.92 Å². The van der Waals surface area contributed by atoms with E-state index in [0.29, 0.717) is 5.56 Å². The topological polar surface area (TPSA) is 157 Å². The molecule has 0 fully saturated rings. The van der Waals surface area contributed by atoms with Crippen LogP contribution in [0.25, 0.3) is 0 Å². The van der Waals surface area contributed by atoms with Crippen molar-refractivity contribution < 1.29 is 43.3 Å². The molecule has 0 unspecified atom stereocenters. The number of carboxylic acid groups (broad SMARTS) is 1. The maximum absolute atomic E-state index is 13.2. The van der Waals surface area contributed by atoms with E-state index in [1.54, 1.807) is 54.6 Å². The maximum Gasteiger partial charge on any atom is 0.408 e. The molecule has 2 aromatic carbocycles. The molecule has 0 saturated heterocycles. The Kier molecular flexibility index (Phi) is 11.1. The third kappa shape index (κ3) is 8.64. The van der Waals surface area contributed by atoms with E-state index >= 15 is 0 Å². The van der Waals surface area contributed by atoms with Crippen LogP contribution in [0.5, 0.6) is 0 Å². The Morgan fingerprint density at radius 2 is 1.32 bits per heavy atom.